The Labute approximate surface area is 200 Å². The fourth-order valence-corrected chi connectivity index (χ4v) is 5.43. The number of imidazole rings is 1. The summed E-state index contributed by atoms with van der Waals surface area (Å²) in [6, 6.07) is 15.6. The molecule has 0 aliphatic rings. The third-order valence-electron chi connectivity index (χ3n) is 5.21. The smallest absolute Gasteiger partial charge is 0.228 e. The highest BCUT2D eigenvalue weighted by atomic mass is 32.2. The molecule has 1 N–H and O–H groups in total. The van der Waals surface area contributed by atoms with Crippen molar-refractivity contribution < 1.29 is 12.8 Å². The van der Waals surface area contributed by atoms with Gasteiger partial charge in [0.2, 0.25) is 15.0 Å². The predicted octanol–water partition coefficient (Wildman–Crippen LogP) is 4.15. The first-order valence-corrected chi connectivity index (χ1v) is 12.9. The van der Waals surface area contributed by atoms with Crippen LogP contribution in [0.2, 0.25) is 0 Å². The third kappa shape index (κ3) is 6.17. The van der Waals surface area contributed by atoms with Crippen LogP contribution >= 0.6 is 12.2 Å². The lowest BCUT2D eigenvalue weighted by atomic mass is 10.2. The molecular formula is C24H29FN4O2S2. The van der Waals surface area contributed by atoms with Gasteiger partial charge in [-0.3, -0.25) is 0 Å². The van der Waals surface area contributed by atoms with E-state index in [1.165, 1.54) is 18.2 Å². The number of halogens is 1. The Morgan fingerprint density at radius 2 is 1.82 bits per heavy atom. The van der Waals surface area contributed by atoms with Crippen molar-refractivity contribution >= 4 is 27.2 Å². The summed E-state index contributed by atoms with van der Waals surface area (Å²) in [5.74, 6) is -1.02. The number of hydrogen-bond donors (Lipinski definition) is 1. The monoisotopic (exact) mass is 488 g/mol. The van der Waals surface area contributed by atoms with Crippen LogP contribution in [0.25, 0.3) is 0 Å². The van der Waals surface area contributed by atoms with E-state index in [1.807, 2.05) is 56.0 Å². The summed E-state index contributed by atoms with van der Waals surface area (Å²) in [6.07, 6.45) is 1.57. The lowest BCUT2D eigenvalue weighted by molar-refractivity contribution is 0.328. The van der Waals surface area contributed by atoms with Gasteiger partial charge >= 0.3 is 0 Å². The highest BCUT2D eigenvalue weighted by Crippen LogP contribution is 2.22. The van der Waals surface area contributed by atoms with Crippen molar-refractivity contribution in [3.05, 3.63) is 83.4 Å². The van der Waals surface area contributed by atoms with Gasteiger partial charge in [-0.25, -0.2) is 17.8 Å². The number of nitrogens with one attached hydrogen (secondary N) is 1. The van der Waals surface area contributed by atoms with Gasteiger partial charge in [-0.2, -0.15) is 0 Å². The molecule has 3 aromatic rings. The Kier molecular flexibility index (Phi) is 8.20. The van der Waals surface area contributed by atoms with Gasteiger partial charge in [-0.1, -0.05) is 48.5 Å². The van der Waals surface area contributed by atoms with Gasteiger partial charge in [0, 0.05) is 18.2 Å². The fraction of sp³-hybridized carbons (Fsp3) is 0.333. The van der Waals surface area contributed by atoms with Crippen molar-refractivity contribution in [3.8, 4) is 0 Å². The molecule has 176 valence electrons. The lowest BCUT2D eigenvalue weighted by Crippen LogP contribution is -2.43. The minimum atomic E-state index is -3.91. The Hall–Kier alpha value is -2.78. The average Bonchev–Trinajstić information content (AvgIpc) is 3.17. The number of nitrogens with zero attached hydrogens (tertiary/aromatic N) is 3. The first-order valence-electron chi connectivity index (χ1n) is 10.8. The number of rotatable bonds is 9. The largest absolute Gasteiger partial charge is 0.363 e. The summed E-state index contributed by atoms with van der Waals surface area (Å²) < 4.78 is 42.5. The van der Waals surface area contributed by atoms with Gasteiger partial charge < -0.3 is 14.8 Å². The van der Waals surface area contributed by atoms with Crippen LogP contribution in [-0.2, 0) is 28.7 Å². The van der Waals surface area contributed by atoms with Gasteiger partial charge in [0.05, 0.1) is 30.7 Å². The highest BCUT2D eigenvalue weighted by molar-refractivity contribution is 7.90. The molecule has 0 unspecified atom stereocenters. The van der Waals surface area contributed by atoms with Gasteiger partial charge in [-0.15, -0.1) is 0 Å². The molecular weight excluding hydrogens is 459 g/mol. The van der Waals surface area contributed by atoms with Crippen LogP contribution in [-0.4, -0.2) is 40.6 Å². The van der Waals surface area contributed by atoms with E-state index in [0.717, 1.165) is 5.56 Å². The van der Waals surface area contributed by atoms with Crippen molar-refractivity contribution in [2.75, 3.05) is 6.54 Å². The van der Waals surface area contributed by atoms with E-state index in [1.54, 1.807) is 16.8 Å². The van der Waals surface area contributed by atoms with Crippen LogP contribution in [0, 0.1) is 5.82 Å². The predicted molar refractivity (Wildman–Crippen MR) is 132 cm³/mol. The van der Waals surface area contributed by atoms with Crippen molar-refractivity contribution in [2.24, 2.45) is 0 Å². The van der Waals surface area contributed by atoms with Crippen LogP contribution in [0.3, 0.4) is 0 Å². The normalized spacial score (nSPS) is 11.5. The summed E-state index contributed by atoms with van der Waals surface area (Å²) in [5.41, 5.74) is 1.76. The fourth-order valence-electron chi connectivity index (χ4n) is 3.50. The quantitative estimate of drug-likeness (QED) is 0.457. The summed E-state index contributed by atoms with van der Waals surface area (Å²) in [5, 5.41) is 3.67. The van der Waals surface area contributed by atoms with Crippen LogP contribution < -0.4 is 5.32 Å². The second kappa shape index (κ2) is 10.9. The van der Waals surface area contributed by atoms with E-state index >= 15 is 0 Å². The molecule has 0 aliphatic heterocycles. The second-order valence-electron chi connectivity index (χ2n) is 8.01. The van der Waals surface area contributed by atoms with Crippen LogP contribution in [0.1, 0.15) is 37.6 Å². The summed E-state index contributed by atoms with van der Waals surface area (Å²) in [7, 11) is -3.91. The molecule has 33 heavy (non-hydrogen) atoms. The molecule has 0 fully saturated rings. The molecule has 0 spiro atoms. The summed E-state index contributed by atoms with van der Waals surface area (Å²) in [6.45, 7) is 7.42. The Balaban J connectivity index is 2.02. The van der Waals surface area contributed by atoms with Gasteiger partial charge in [0.15, 0.2) is 5.11 Å². The number of hydrogen-bond acceptors (Lipinski definition) is 4. The number of sulfone groups is 1. The van der Waals surface area contributed by atoms with Crippen molar-refractivity contribution in [3.63, 3.8) is 0 Å². The second-order valence-corrected chi connectivity index (χ2v) is 10.3. The maximum atomic E-state index is 14.2. The van der Waals surface area contributed by atoms with E-state index in [2.05, 4.69) is 10.3 Å². The Morgan fingerprint density at radius 3 is 2.45 bits per heavy atom. The molecule has 0 aliphatic carbocycles. The van der Waals surface area contributed by atoms with E-state index in [-0.39, 0.29) is 16.8 Å². The number of aromatic nitrogens is 2. The summed E-state index contributed by atoms with van der Waals surface area (Å²) in [4.78, 5) is 6.28. The molecule has 1 heterocycles. The molecule has 0 bridgehead atoms. The molecule has 3 rings (SSSR count). The molecule has 2 aromatic carbocycles. The molecule has 9 heteroatoms. The number of benzene rings is 2. The minimum absolute atomic E-state index is 0.0809. The maximum absolute atomic E-state index is 14.2. The first-order chi connectivity index (χ1) is 15.7. The molecule has 0 amide bonds. The van der Waals surface area contributed by atoms with Gasteiger partial charge in [0.25, 0.3) is 0 Å². The van der Waals surface area contributed by atoms with E-state index in [0.29, 0.717) is 30.4 Å². The van der Waals surface area contributed by atoms with Crippen molar-refractivity contribution in [1.29, 1.82) is 0 Å². The van der Waals surface area contributed by atoms with Crippen molar-refractivity contribution in [2.45, 2.75) is 50.8 Å². The molecule has 0 saturated heterocycles. The molecule has 0 atom stereocenters. The maximum Gasteiger partial charge on any atom is 0.228 e. The minimum Gasteiger partial charge on any atom is -0.363 e. The zero-order valence-electron chi connectivity index (χ0n) is 19.0. The van der Waals surface area contributed by atoms with Gasteiger partial charge in [-0.05, 0) is 44.6 Å². The SMILES string of the molecule is CCNC(=S)N(Cc1cnc(S(=O)(=O)Cc2ccccc2F)n1Cc1ccccc1)C(C)C. The molecule has 1 aromatic heterocycles. The standard InChI is InChI=1S/C24H29FN4O2S2/c1-4-26-23(32)28(18(2)3)16-21-14-27-24(29(21)15-19-10-6-5-7-11-19)33(30,31)17-20-12-8-9-13-22(20)25/h5-14,18H,4,15-17H2,1-3H3,(H,26,32). The third-order valence-corrected chi connectivity index (χ3v) is 7.16. The summed E-state index contributed by atoms with van der Waals surface area (Å²) >= 11 is 5.53. The molecule has 0 radical (unpaired) electrons. The first kappa shape index (κ1) is 24.9. The van der Waals surface area contributed by atoms with E-state index in [4.69, 9.17) is 12.2 Å². The number of thiocarbonyl (C=S) groups is 1. The highest BCUT2D eigenvalue weighted by Gasteiger charge is 2.26. The molecule has 0 saturated carbocycles. The van der Waals surface area contributed by atoms with E-state index < -0.39 is 21.4 Å². The lowest BCUT2D eigenvalue weighted by Gasteiger charge is -2.30. The zero-order chi connectivity index (χ0) is 24.0. The van der Waals surface area contributed by atoms with Crippen LogP contribution in [0.4, 0.5) is 4.39 Å². The zero-order valence-corrected chi connectivity index (χ0v) is 20.7. The van der Waals surface area contributed by atoms with Gasteiger partial charge in [0.1, 0.15) is 5.82 Å². The molecule has 6 nitrogen and oxygen atoms in total. The average molecular weight is 489 g/mol. The van der Waals surface area contributed by atoms with Crippen LogP contribution in [0.5, 0.6) is 0 Å². The van der Waals surface area contributed by atoms with Crippen LogP contribution in [0.15, 0.2) is 66.0 Å². The van der Waals surface area contributed by atoms with Crippen molar-refractivity contribution in [1.82, 2.24) is 19.8 Å². The topological polar surface area (TPSA) is 67.2 Å². The van der Waals surface area contributed by atoms with E-state index in [9.17, 15) is 12.8 Å². The Morgan fingerprint density at radius 1 is 1.15 bits per heavy atom. The Bertz CT molecular complexity index is 1190.